The molecule has 3 rings (SSSR count). The summed E-state index contributed by atoms with van der Waals surface area (Å²) in [6, 6.07) is 6.86. The van der Waals surface area contributed by atoms with Gasteiger partial charge >= 0.3 is 5.97 Å². The summed E-state index contributed by atoms with van der Waals surface area (Å²) < 4.78 is 5.37. The van der Waals surface area contributed by atoms with Crippen LogP contribution in [0.5, 0.6) is 0 Å². The number of aliphatic carboxylic acids is 1. The number of fused-ring (bicyclic) bond motifs is 1. The Morgan fingerprint density at radius 1 is 1.23 bits per heavy atom. The molecule has 0 spiro atoms. The van der Waals surface area contributed by atoms with Gasteiger partial charge in [-0.05, 0) is 24.5 Å². The summed E-state index contributed by atoms with van der Waals surface area (Å²) in [5, 5.41) is 9.06. The van der Waals surface area contributed by atoms with Gasteiger partial charge in [0.05, 0.1) is 6.42 Å². The van der Waals surface area contributed by atoms with Gasteiger partial charge in [0.1, 0.15) is 6.04 Å². The molecule has 7 heteroatoms. The molecule has 0 unspecified atom stereocenters. The number of carbonyl (C=O) groups excluding carboxylic acids is 2. The fraction of sp³-hybridized carbons (Fsp3) is 0.526. The summed E-state index contributed by atoms with van der Waals surface area (Å²) in [6.07, 6.45) is 1.72. The Balaban J connectivity index is 1.85. The van der Waals surface area contributed by atoms with Crippen LogP contribution in [0.1, 0.15) is 31.7 Å². The first-order valence-electron chi connectivity index (χ1n) is 8.96. The van der Waals surface area contributed by atoms with Crippen LogP contribution in [0, 0.1) is 0 Å². The predicted octanol–water partition coefficient (Wildman–Crippen LogP) is 1.45. The van der Waals surface area contributed by atoms with Crippen molar-refractivity contribution in [2.45, 2.75) is 44.7 Å². The molecule has 0 aliphatic carbocycles. The first-order chi connectivity index (χ1) is 12.5. The largest absolute Gasteiger partial charge is 0.481 e. The third-order valence-corrected chi connectivity index (χ3v) is 5.08. The molecule has 140 valence electrons. The van der Waals surface area contributed by atoms with E-state index >= 15 is 0 Å². The maximum absolute atomic E-state index is 13.3. The maximum atomic E-state index is 13.3. The van der Waals surface area contributed by atoms with Crippen molar-refractivity contribution in [1.29, 1.82) is 0 Å². The highest BCUT2D eigenvalue weighted by Gasteiger charge is 2.40. The number of amides is 2. The molecule has 7 nitrogen and oxygen atoms in total. The van der Waals surface area contributed by atoms with E-state index in [0.29, 0.717) is 32.5 Å². The minimum absolute atomic E-state index is 0.0480. The van der Waals surface area contributed by atoms with Crippen LogP contribution < -0.4 is 4.90 Å². The summed E-state index contributed by atoms with van der Waals surface area (Å²) in [4.78, 5) is 39.8. The lowest BCUT2D eigenvalue weighted by Crippen LogP contribution is -2.53. The number of para-hydroxylation sites is 1. The highest BCUT2D eigenvalue weighted by Crippen LogP contribution is 2.33. The van der Waals surface area contributed by atoms with Gasteiger partial charge in [-0.3, -0.25) is 19.3 Å². The Kier molecular flexibility index (Phi) is 5.56. The molecule has 1 fully saturated rings. The van der Waals surface area contributed by atoms with Gasteiger partial charge in [-0.1, -0.05) is 18.2 Å². The molecule has 1 aromatic carbocycles. The Morgan fingerprint density at radius 2 is 1.92 bits per heavy atom. The van der Waals surface area contributed by atoms with Crippen molar-refractivity contribution in [3.8, 4) is 0 Å². The summed E-state index contributed by atoms with van der Waals surface area (Å²) in [5.41, 5.74) is 1.73. The number of carboxylic acids is 1. The van der Waals surface area contributed by atoms with E-state index in [9.17, 15) is 14.4 Å². The summed E-state index contributed by atoms with van der Waals surface area (Å²) >= 11 is 0. The second-order valence-corrected chi connectivity index (χ2v) is 6.76. The first kappa shape index (κ1) is 18.4. The number of anilines is 1. The lowest BCUT2D eigenvalue weighted by atomic mass is 10.0. The van der Waals surface area contributed by atoms with Crippen LogP contribution in [0.15, 0.2) is 24.3 Å². The Labute approximate surface area is 152 Å². The second kappa shape index (κ2) is 7.86. The van der Waals surface area contributed by atoms with E-state index in [1.54, 1.807) is 9.80 Å². The van der Waals surface area contributed by atoms with Gasteiger partial charge in [0, 0.05) is 44.8 Å². The lowest BCUT2D eigenvalue weighted by Gasteiger charge is -2.37. The molecule has 1 atom stereocenters. The van der Waals surface area contributed by atoms with Crippen LogP contribution in [-0.4, -0.2) is 59.6 Å². The van der Waals surface area contributed by atoms with Crippen molar-refractivity contribution >= 4 is 23.5 Å². The Morgan fingerprint density at radius 3 is 2.58 bits per heavy atom. The van der Waals surface area contributed by atoms with Crippen molar-refractivity contribution in [3.05, 3.63) is 29.8 Å². The van der Waals surface area contributed by atoms with Crippen LogP contribution >= 0.6 is 0 Å². The van der Waals surface area contributed by atoms with Gasteiger partial charge in [-0.2, -0.15) is 0 Å². The fourth-order valence-electron chi connectivity index (χ4n) is 3.85. The number of carboxylic acid groups (broad SMARTS) is 1. The van der Waals surface area contributed by atoms with E-state index < -0.39 is 12.0 Å². The van der Waals surface area contributed by atoms with Crippen molar-refractivity contribution < 1.29 is 24.2 Å². The molecule has 2 aliphatic heterocycles. The van der Waals surface area contributed by atoms with Crippen molar-refractivity contribution in [2.24, 2.45) is 0 Å². The molecule has 2 aliphatic rings. The number of nitrogens with zero attached hydrogens (tertiary/aromatic N) is 2. The molecule has 1 N–H and O–H groups in total. The summed E-state index contributed by atoms with van der Waals surface area (Å²) in [7, 11) is 0. The molecule has 0 saturated carbocycles. The Bertz CT molecular complexity index is 699. The normalized spacial score (nSPS) is 19.9. The maximum Gasteiger partial charge on any atom is 0.305 e. The molecular weight excluding hydrogens is 336 g/mol. The van der Waals surface area contributed by atoms with Gasteiger partial charge in [0.25, 0.3) is 0 Å². The molecular formula is C19H24N2O5. The van der Waals surface area contributed by atoms with E-state index in [2.05, 4.69) is 0 Å². The number of hydrogen-bond acceptors (Lipinski definition) is 4. The summed E-state index contributed by atoms with van der Waals surface area (Å²) in [6.45, 7) is 2.72. The minimum Gasteiger partial charge on any atom is -0.481 e. The molecule has 1 aromatic rings. The minimum atomic E-state index is -0.937. The molecule has 0 radical (unpaired) electrons. The quantitative estimate of drug-likeness (QED) is 0.859. The van der Waals surface area contributed by atoms with E-state index in [4.69, 9.17) is 9.84 Å². The average Bonchev–Trinajstić information content (AvgIpc) is 3.02. The van der Waals surface area contributed by atoms with Crippen LogP contribution in [0.3, 0.4) is 0 Å². The first-order valence-corrected chi connectivity index (χ1v) is 8.96. The van der Waals surface area contributed by atoms with E-state index in [1.165, 1.54) is 6.92 Å². The highest BCUT2D eigenvalue weighted by molar-refractivity contribution is 6.02. The average molecular weight is 360 g/mol. The molecule has 2 amide bonds. The SMILES string of the molecule is CC(=O)N1c2ccccc2C[C@H]1C(=O)N(CCC(=O)O)C1CCOCC1. The van der Waals surface area contributed by atoms with Crippen molar-refractivity contribution in [1.82, 2.24) is 4.90 Å². The smallest absolute Gasteiger partial charge is 0.305 e. The highest BCUT2D eigenvalue weighted by atomic mass is 16.5. The lowest BCUT2D eigenvalue weighted by molar-refractivity contribution is -0.141. The fourth-order valence-corrected chi connectivity index (χ4v) is 3.85. The van der Waals surface area contributed by atoms with E-state index in [0.717, 1.165) is 11.3 Å². The van der Waals surface area contributed by atoms with E-state index in [1.807, 2.05) is 24.3 Å². The van der Waals surface area contributed by atoms with Gasteiger partial charge in [-0.15, -0.1) is 0 Å². The standard InChI is InChI=1S/C19H24N2O5/c1-13(22)21-16-5-3-2-4-14(16)12-17(21)19(25)20(9-6-18(23)24)15-7-10-26-11-8-15/h2-5,15,17H,6-12H2,1H3,(H,23,24)/t17-/m0/s1. The Hall–Kier alpha value is -2.41. The van der Waals surface area contributed by atoms with Gasteiger partial charge in [0.2, 0.25) is 11.8 Å². The molecule has 2 heterocycles. The second-order valence-electron chi connectivity index (χ2n) is 6.76. The third-order valence-electron chi connectivity index (χ3n) is 5.08. The van der Waals surface area contributed by atoms with Crippen LogP contribution in [0.4, 0.5) is 5.69 Å². The molecule has 26 heavy (non-hydrogen) atoms. The third kappa shape index (κ3) is 3.72. The number of ether oxygens (including phenoxy) is 1. The zero-order valence-corrected chi connectivity index (χ0v) is 14.9. The number of benzene rings is 1. The zero-order valence-electron chi connectivity index (χ0n) is 14.9. The van der Waals surface area contributed by atoms with Crippen LogP contribution in [0.2, 0.25) is 0 Å². The van der Waals surface area contributed by atoms with Crippen LogP contribution in [0.25, 0.3) is 0 Å². The molecule has 0 aromatic heterocycles. The zero-order chi connectivity index (χ0) is 18.7. The van der Waals surface area contributed by atoms with Gasteiger partial charge in [0.15, 0.2) is 0 Å². The molecule has 0 bridgehead atoms. The number of carbonyl (C=O) groups is 3. The van der Waals surface area contributed by atoms with Gasteiger partial charge in [-0.25, -0.2) is 0 Å². The summed E-state index contributed by atoms with van der Waals surface area (Å²) in [5.74, 6) is -1.30. The predicted molar refractivity (Wildman–Crippen MR) is 94.9 cm³/mol. The number of hydrogen-bond donors (Lipinski definition) is 1. The van der Waals surface area contributed by atoms with Crippen LogP contribution in [-0.2, 0) is 25.5 Å². The van der Waals surface area contributed by atoms with Crippen molar-refractivity contribution in [3.63, 3.8) is 0 Å². The monoisotopic (exact) mass is 360 g/mol. The topological polar surface area (TPSA) is 87.2 Å². The van der Waals surface area contributed by atoms with Gasteiger partial charge < -0.3 is 14.7 Å². The molecule has 1 saturated heterocycles. The van der Waals surface area contributed by atoms with Crippen molar-refractivity contribution in [2.75, 3.05) is 24.7 Å². The van der Waals surface area contributed by atoms with E-state index in [-0.39, 0.29) is 30.8 Å². The number of rotatable bonds is 5.